The minimum Gasteiger partial charge on any atom is -0.338 e. The maximum Gasteiger partial charge on any atom is 0.262 e. The quantitative estimate of drug-likeness (QED) is 0.536. The molecule has 2 N–H and O–H groups in total. The van der Waals surface area contributed by atoms with E-state index in [-0.39, 0.29) is 23.1 Å². The molecule has 1 unspecified atom stereocenters. The third kappa shape index (κ3) is 5.46. The third-order valence-corrected chi connectivity index (χ3v) is 7.34. The first-order chi connectivity index (χ1) is 16.2. The molecular formula is C26H27N3O4S. The number of nitrogens with one attached hydrogen (secondary N) is 2. The number of carbonyl (C=O) groups is 2. The molecule has 34 heavy (non-hydrogen) atoms. The van der Waals surface area contributed by atoms with Crippen LogP contribution in [-0.4, -0.2) is 31.7 Å². The van der Waals surface area contributed by atoms with Crippen LogP contribution in [0, 0.1) is 19.8 Å². The highest BCUT2D eigenvalue weighted by Crippen LogP contribution is 2.26. The monoisotopic (exact) mass is 477 g/mol. The average Bonchev–Trinajstić information content (AvgIpc) is 3.15. The zero-order valence-electron chi connectivity index (χ0n) is 19.1. The predicted molar refractivity (Wildman–Crippen MR) is 132 cm³/mol. The average molecular weight is 478 g/mol. The molecule has 176 valence electrons. The second-order valence-corrected chi connectivity index (χ2v) is 10.3. The van der Waals surface area contributed by atoms with Crippen molar-refractivity contribution in [3.8, 4) is 0 Å². The van der Waals surface area contributed by atoms with Gasteiger partial charge in [-0.2, -0.15) is 0 Å². The van der Waals surface area contributed by atoms with Crippen LogP contribution in [0.3, 0.4) is 0 Å². The Kier molecular flexibility index (Phi) is 6.70. The molecule has 1 aliphatic rings. The van der Waals surface area contributed by atoms with E-state index >= 15 is 0 Å². The van der Waals surface area contributed by atoms with Crippen LogP contribution in [0.25, 0.3) is 0 Å². The van der Waals surface area contributed by atoms with Gasteiger partial charge in [-0.1, -0.05) is 48.5 Å². The van der Waals surface area contributed by atoms with E-state index in [1.54, 1.807) is 42.2 Å². The summed E-state index contributed by atoms with van der Waals surface area (Å²) in [6, 6.07) is 21.5. The molecule has 0 spiro atoms. The van der Waals surface area contributed by atoms with Gasteiger partial charge in [0.1, 0.15) is 0 Å². The van der Waals surface area contributed by atoms with Crippen LogP contribution < -0.4 is 10.0 Å². The molecule has 0 aromatic heterocycles. The second-order valence-electron chi connectivity index (χ2n) is 8.61. The summed E-state index contributed by atoms with van der Waals surface area (Å²) in [5, 5.41) is 2.79. The molecule has 1 fully saturated rings. The highest BCUT2D eigenvalue weighted by atomic mass is 32.2. The molecule has 0 aliphatic carbocycles. The van der Waals surface area contributed by atoms with E-state index in [0.717, 1.165) is 11.1 Å². The van der Waals surface area contributed by atoms with Gasteiger partial charge >= 0.3 is 0 Å². The fraction of sp³-hybridized carbons (Fsp3) is 0.231. The maximum atomic E-state index is 13.0. The van der Waals surface area contributed by atoms with Crippen LogP contribution in [0.1, 0.15) is 23.1 Å². The van der Waals surface area contributed by atoms with Gasteiger partial charge in [0, 0.05) is 30.9 Å². The van der Waals surface area contributed by atoms with Crippen molar-refractivity contribution in [3.63, 3.8) is 0 Å². The van der Waals surface area contributed by atoms with Gasteiger partial charge in [0.2, 0.25) is 11.8 Å². The molecule has 0 bridgehead atoms. The Hall–Kier alpha value is -3.65. The Labute approximate surface area is 199 Å². The Bertz CT molecular complexity index is 1320. The van der Waals surface area contributed by atoms with Crippen molar-refractivity contribution in [2.75, 3.05) is 16.6 Å². The fourth-order valence-electron chi connectivity index (χ4n) is 4.03. The van der Waals surface area contributed by atoms with E-state index in [9.17, 15) is 18.0 Å². The van der Waals surface area contributed by atoms with Crippen molar-refractivity contribution in [2.24, 2.45) is 5.92 Å². The fourth-order valence-corrected chi connectivity index (χ4v) is 5.36. The smallest absolute Gasteiger partial charge is 0.262 e. The molecular weight excluding hydrogens is 450 g/mol. The standard InChI is InChI=1S/C26H27N3O4S/c1-18-7-6-10-23(13-18)28-34(32,33)24-15-22(12-11-19(24)2)27-26(31)21-14-25(30)29(17-21)16-20-8-4-3-5-9-20/h3-13,15,21,28H,14,16-17H2,1-2H3,(H,27,31). The number of hydrogen-bond donors (Lipinski definition) is 2. The first-order valence-electron chi connectivity index (χ1n) is 11.0. The number of likely N-dealkylation sites (tertiary alicyclic amines) is 1. The number of carbonyl (C=O) groups excluding carboxylic acids is 2. The van der Waals surface area contributed by atoms with Crippen molar-refractivity contribution < 1.29 is 18.0 Å². The molecule has 0 saturated carbocycles. The van der Waals surface area contributed by atoms with Gasteiger partial charge in [-0.3, -0.25) is 14.3 Å². The molecule has 2 amide bonds. The Morgan fingerprint density at radius 3 is 2.47 bits per heavy atom. The molecule has 8 heteroatoms. The number of nitrogens with zero attached hydrogens (tertiary/aromatic N) is 1. The molecule has 0 radical (unpaired) electrons. The Morgan fingerprint density at radius 2 is 1.74 bits per heavy atom. The number of benzene rings is 3. The zero-order chi connectivity index (χ0) is 24.3. The molecule has 1 aliphatic heterocycles. The van der Waals surface area contributed by atoms with Gasteiger partial charge in [-0.05, 0) is 54.8 Å². The lowest BCUT2D eigenvalue weighted by molar-refractivity contribution is -0.128. The summed E-state index contributed by atoms with van der Waals surface area (Å²) in [7, 11) is -3.85. The normalized spacial score (nSPS) is 15.9. The van der Waals surface area contributed by atoms with Crippen molar-refractivity contribution in [3.05, 3.63) is 89.5 Å². The van der Waals surface area contributed by atoms with Crippen LogP contribution in [-0.2, 0) is 26.2 Å². The molecule has 3 aromatic carbocycles. The summed E-state index contributed by atoms with van der Waals surface area (Å²) in [6.07, 6.45) is 0.130. The van der Waals surface area contributed by atoms with Crippen molar-refractivity contribution in [1.82, 2.24) is 4.90 Å². The minimum atomic E-state index is -3.85. The topological polar surface area (TPSA) is 95.6 Å². The van der Waals surface area contributed by atoms with Crippen LogP contribution in [0.15, 0.2) is 77.7 Å². The van der Waals surface area contributed by atoms with Gasteiger partial charge in [0.15, 0.2) is 0 Å². The van der Waals surface area contributed by atoms with Crippen LogP contribution in [0.4, 0.5) is 11.4 Å². The number of anilines is 2. The van der Waals surface area contributed by atoms with Crippen molar-refractivity contribution in [1.29, 1.82) is 0 Å². The van der Waals surface area contributed by atoms with Gasteiger partial charge < -0.3 is 10.2 Å². The number of sulfonamides is 1. The van der Waals surface area contributed by atoms with Crippen molar-refractivity contribution in [2.45, 2.75) is 31.7 Å². The van der Waals surface area contributed by atoms with E-state index in [2.05, 4.69) is 10.0 Å². The maximum absolute atomic E-state index is 13.0. The van der Waals surface area contributed by atoms with E-state index in [0.29, 0.717) is 30.0 Å². The van der Waals surface area contributed by atoms with E-state index < -0.39 is 15.9 Å². The molecule has 4 rings (SSSR count). The van der Waals surface area contributed by atoms with E-state index in [1.807, 2.05) is 43.3 Å². The van der Waals surface area contributed by atoms with E-state index in [4.69, 9.17) is 0 Å². The molecule has 3 aromatic rings. The largest absolute Gasteiger partial charge is 0.338 e. The van der Waals surface area contributed by atoms with Crippen LogP contribution in [0.2, 0.25) is 0 Å². The Balaban J connectivity index is 1.45. The minimum absolute atomic E-state index is 0.0708. The molecule has 1 heterocycles. The molecule has 1 saturated heterocycles. The lowest BCUT2D eigenvalue weighted by Gasteiger charge is -2.17. The summed E-state index contributed by atoms with van der Waals surface area (Å²) in [5.41, 5.74) is 3.34. The molecule has 1 atom stereocenters. The van der Waals surface area contributed by atoms with Crippen LogP contribution >= 0.6 is 0 Å². The summed E-state index contributed by atoms with van der Waals surface area (Å²) in [4.78, 5) is 27.1. The van der Waals surface area contributed by atoms with E-state index in [1.165, 1.54) is 6.07 Å². The summed E-state index contributed by atoms with van der Waals surface area (Å²) < 4.78 is 28.6. The number of hydrogen-bond acceptors (Lipinski definition) is 4. The van der Waals surface area contributed by atoms with Gasteiger partial charge in [0.25, 0.3) is 10.0 Å². The number of amides is 2. The van der Waals surface area contributed by atoms with Gasteiger partial charge in [-0.15, -0.1) is 0 Å². The first-order valence-corrected chi connectivity index (χ1v) is 12.5. The highest BCUT2D eigenvalue weighted by molar-refractivity contribution is 7.92. The SMILES string of the molecule is Cc1cccc(NS(=O)(=O)c2cc(NC(=O)C3CC(=O)N(Cc4ccccc4)C3)ccc2C)c1. The van der Waals surface area contributed by atoms with Gasteiger partial charge in [0.05, 0.1) is 10.8 Å². The zero-order valence-corrected chi connectivity index (χ0v) is 19.9. The summed E-state index contributed by atoms with van der Waals surface area (Å²) in [6.45, 7) is 4.37. The van der Waals surface area contributed by atoms with Crippen LogP contribution in [0.5, 0.6) is 0 Å². The Morgan fingerprint density at radius 1 is 0.971 bits per heavy atom. The number of aryl methyl sites for hydroxylation is 2. The third-order valence-electron chi connectivity index (χ3n) is 5.82. The predicted octanol–water partition coefficient (Wildman–Crippen LogP) is 4.09. The number of rotatable bonds is 7. The second kappa shape index (κ2) is 9.69. The first kappa shape index (κ1) is 23.5. The highest BCUT2D eigenvalue weighted by Gasteiger charge is 2.34. The lowest BCUT2D eigenvalue weighted by atomic mass is 10.1. The van der Waals surface area contributed by atoms with Crippen molar-refractivity contribution >= 4 is 33.2 Å². The summed E-state index contributed by atoms with van der Waals surface area (Å²) >= 11 is 0. The summed E-state index contributed by atoms with van der Waals surface area (Å²) in [5.74, 6) is -0.871. The van der Waals surface area contributed by atoms with Gasteiger partial charge in [-0.25, -0.2) is 8.42 Å². The lowest BCUT2D eigenvalue weighted by Crippen LogP contribution is -2.28. The molecule has 7 nitrogen and oxygen atoms in total.